The van der Waals surface area contributed by atoms with Crippen LogP contribution in [-0.2, 0) is 0 Å². The van der Waals surface area contributed by atoms with E-state index in [-0.39, 0.29) is 12.5 Å². The van der Waals surface area contributed by atoms with Gasteiger partial charge in [-0.1, -0.05) is 6.07 Å². The van der Waals surface area contributed by atoms with Crippen LogP contribution in [-0.4, -0.2) is 30.1 Å². The molecule has 0 unspecified atom stereocenters. The molecule has 1 aromatic rings. The Kier molecular flexibility index (Phi) is 4.20. The van der Waals surface area contributed by atoms with Crippen molar-refractivity contribution in [1.82, 2.24) is 4.90 Å². The van der Waals surface area contributed by atoms with Crippen LogP contribution in [0.25, 0.3) is 0 Å². The lowest BCUT2D eigenvalue weighted by Crippen LogP contribution is -2.35. The van der Waals surface area contributed by atoms with Gasteiger partial charge in [-0.15, -0.1) is 0 Å². The van der Waals surface area contributed by atoms with Crippen molar-refractivity contribution in [3.63, 3.8) is 0 Å². The van der Waals surface area contributed by atoms with E-state index in [0.717, 1.165) is 12.8 Å². The molecule has 20 heavy (non-hydrogen) atoms. The van der Waals surface area contributed by atoms with Gasteiger partial charge in [-0.2, -0.15) is 13.2 Å². The van der Waals surface area contributed by atoms with E-state index < -0.39 is 12.6 Å². The van der Waals surface area contributed by atoms with Crippen LogP contribution in [0.5, 0.6) is 0 Å². The smallest absolute Gasteiger partial charge is 0.390 e. The second-order valence-electron chi connectivity index (χ2n) is 5.19. The summed E-state index contributed by atoms with van der Waals surface area (Å²) in [5, 5.41) is 0. The van der Waals surface area contributed by atoms with Gasteiger partial charge in [-0.3, -0.25) is 4.79 Å². The summed E-state index contributed by atoms with van der Waals surface area (Å²) in [6.45, 7) is 0.0946. The SMILES string of the molecule is Nc1cccc(C(=O)N(CCC(F)(F)F)CC2CC2)c1. The van der Waals surface area contributed by atoms with Gasteiger partial charge < -0.3 is 10.6 Å². The Morgan fingerprint density at radius 3 is 2.60 bits per heavy atom. The highest BCUT2D eigenvalue weighted by Crippen LogP contribution is 2.31. The van der Waals surface area contributed by atoms with Crippen molar-refractivity contribution in [2.75, 3.05) is 18.8 Å². The van der Waals surface area contributed by atoms with Crippen molar-refractivity contribution < 1.29 is 18.0 Å². The number of benzene rings is 1. The molecule has 1 saturated carbocycles. The highest BCUT2D eigenvalue weighted by Gasteiger charge is 2.32. The molecule has 1 fully saturated rings. The Bertz CT molecular complexity index is 484. The lowest BCUT2D eigenvalue weighted by atomic mass is 10.1. The molecule has 0 heterocycles. The molecule has 110 valence electrons. The summed E-state index contributed by atoms with van der Waals surface area (Å²) in [6.07, 6.45) is -3.27. The van der Waals surface area contributed by atoms with Crippen molar-refractivity contribution in [2.24, 2.45) is 5.92 Å². The Morgan fingerprint density at radius 2 is 2.05 bits per heavy atom. The fraction of sp³-hybridized carbons (Fsp3) is 0.500. The summed E-state index contributed by atoms with van der Waals surface area (Å²) in [4.78, 5) is 13.6. The van der Waals surface area contributed by atoms with Crippen LogP contribution >= 0.6 is 0 Å². The van der Waals surface area contributed by atoms with Crippen LogP contribution in [0.3, 0.4) is 0 Å². The van der Waals surface area contributed by atoms with Crippen molar-refractivity contribution in [3.05, 3.63) is 29.8 Å². The maximum atomic E-state index is 12.3. The third-order valence-electron chi connectivity index (χ3n) is 3.26. The molecule has 0 spiro atoms. The second kappa shape index (κ2) is 5.73. The predicted octanol–water partition coefficient (Wildman–Crippen LogP) is 3.07. The van der Waals surface area contributed by atoms with Crippen LogP contribution in [0, 0.1) is 5.92 Å². The number of carbonyl (C=O) groups excluding carboxylic acids is 1. The molecule has 1 aliphatic rings. The standard InChI is InChI=1S/C14H17F3N2O/c15-14(16,17)6-7-19(9-10-4-5-10)13(20)11-2-1-3-12(18)8-11/h1-3,8,10H,4-7,9,18H2. The van der Waals surface area contributed by atoms with E-state index in [1.165, 1.54) is 11.0 Å². The maximum absolute atomic E-state index is 12.3. The zero-order valence-electron chi connectivity index (χ0n) is 11.0. The summed E-state index contributed by atoms with van der Waals surface area (Å²) in [7, 11) is 0. The van der Waals surface area contributed by atoms with Gasteiger partial charge in [0.05, 0.1) is 6.42 Å². The highest BCUT2D eigenvalue weighted by molar-refractivity contribution is 5.95. The van der Waals surface area contributed by atoms with Crippen LogP contribution in [0.1, 0.15) is 29.6 Å². The van der Waals surface area contributed by atoms with E-state index in [4.69, 9.17) is 5.73 Å². The average Bonchev–Trinajstić information content (AvgIpc) is 3.16. The van der Waals surface area contributed by atoms with E-state index in [9.17, 15) is 18.0 Å². The van der Waals surface area contributed by atoms with Gasteiger partial charge in [0.1, 0.15) is 0 Å². The monoisotopic (exact) mass is 286 g/mol. The van der Waals surface area contributed by atoms with Crippen molar-refractivity contribution >= 4 is 11.6 Å². The van der Waals surface area contributed by atoms with Gasteiger partial charge in [0.25, 0.3) is 5.91 Å². The molecule has 0 aromatic heterocycles. The van der Waals surface area contributed by atoms with E-state index in [2.05, 4.69) is 0 Å². The van der Waals surface area contributed by atoms with Gasteiger partial charge in [0.2, 0.25) is 0 Å². The molecule has 0 radical (unpaired) electrons. The third kappa shape index (κ3) is 4.43. The molecule has 0 aliphatic heterocycles. The van der Waals surface area contributed by atoms with Gasteiger partial charge in [-0.05, 0) is 37.0 Å². The number of hydrogen-bond acceptors (Lipinski definition) is 2. The van der Waals surface area contributed by atoms with E-state index in [1.807, 2.05) is 0 Å². The van der Waals surface area contributed by atoms with Crippen molar-refractivity contribution in [1.29, 1.82) is 0 Å². The number of amides is 1. The van der Waals surface area contributed by atoms with Crippen LogP contribution in [0.4, 0.5) is 18.9 Å². The zero-order valence-corrected chi connectivity index (χ0v) is 11.0. The average molecular weight is 286 g/mol. The number of alkyl halides is 3. The molecule has 2 N–H and O–H groups in total. The molecule has 2 rings (SSSR count). The van der Waals surface area contributed by atoms with E-state index >= 15 is 0 Å². The summed E-state index contributed by atoms with van der Waals surface area (Å²) < 4.78 is 37.0. The van der Waals surface area contributed by atoms with Crippen LogP contribution < -0.4 is 5.73 Å². The van der Waals surface area contributed by atoms with Gasteiger partial charge in [0.15, 0.2) is 0 Å². The first-order valence-corrected chi connectivity index (χ1v) is 6.57. The summed E-state index contributed by atoms with van der Waals surface area (Å²) in [5.74, 6) is -0.0401. The molecule has 3 nitrogen and oxygen atoms in total. The van der Waals surface area contributed by atoms with Crippen molar-refractivity contribution in [2.45, 2.75) is 25.4 Å². The predicted molar refractivity (Wildman–Crippen MR) is 70.2 cm³/mol. The van der Waals surface area contributed by atoms with Gasteiger partial charge in [0, 0.05) is 24.3 Å². The molecule has 1 amide bonds. The van der Waals surface area contributed by atoms with Crippen molar-refractivity contribution in [3.8, 4) is 0 Å². The van der Waals surface area contributed by atoms with Crippen LogP contribution in [0.2, 0.25) is 0 Å². The number of halogens is 3. The number of anilines is 1. The maximum Gasteiger partial charge on any atom is 0.390 e. The molecule has 1 aromatic carbocycles. The number of nitrogen functional groups attached to an aromatic ring is 1. The highest BCUT2D eigenvalue weighted by atomic mass is 19.4. The Morgan fingerprint density at radius 1 is 1.35 bits per heavy atom. The largest absolute Gasteiger partial charge is 0.399 e. The summed E-state index contributed by atoms with van der Waals surface area (Å²) in [6, 6.07) is 6.33. The quantitative estimate of drug-likeness (QED) is 0.846. The Hall–Kier alpha value is -1.72. The second-order valence-corrected chi connectivity index (χ2v) is 5.19. The fourth-order valence-corrected chi connectivity index (χ4v) is 2.00. The Balaban J connectivity index is 2.06. The van der Waals surface area contributed by atoms with E-state index in [1.54, 1.807) is 18.2 Å². The normalized spacial score (nSPS) is 15.2. The molecule has 1 aliphatic carbocycles. The number of nitrogens with zero attached hydrogens (tertiary/aromatic N) is 1. The first-order valence-electron chi connectivity index (χ1n) is 6.57. The third-order valence-corrected chi connectivity index (χ3v) is 3.26. The minimum Gasteiger partial charge on any atom is -0.399 e. The van der Waals surface area contributed by atoms with Gasteiger partial charge >= 0.3 is 6.18 Å². The minimum atomic E-state index is -4.25. The lowest BCUT2D eigenvalue weighted by Gasteiger charge is -2.23. The van der Waals surface area contributed by atoms with Gasteiger partial charge in [-0.25, -0.2) is 0 Å². The summed E-state index contributed by atoms with van der Waals surface area (Å²) >= 11 is 0. The number of nitrogens with two attached hydrogens (primary N) is 1. The molecular formula is C14H17F3N2O. The summed E-state index contributed by atoms with van der Waals surface area (Å²) in [5.41, 5.74) is 6.37. The van der Waals surface area contributed by atoms with Crippen LogP contribution in [0.15, 0.2) is 24.3 Å². The molecule has 0 bridgehead atoms. The molecular weight excluding hydrogens is 269 g/mol. The van der Waals surface area contributed by atoms with E-state index in [0.29, 0.717) is 23.7 Å². The number of rotatable bonds is 5. The number of hydrogen-bond donors (Lipinski definition) is 1. The number of carbonyl (C=O) groups is 1. The first kappa shape index (κ1) is 14.7. The molecule has 0 saturated heterocycles. The first-order chi connectivity index (χ1) is 9.35. The molecule has 6 heteroatoms. The fourth-order valence-electron chi connectivity index (χ4n) is 2.00. The topological polar surface area (TPSA) is 46.3 Å². The Labute approximate surface area is 115 Å². The zero-order chi connectivity index (χ0) is 14.8. The molecule has 0 atom stereocenters. The minimum absolute atomic E-state index is 0.298. The lowest BCUT2D eigenvalue weighted by molar-refractivity contribution is -0.136.